The Balaban J connectivity index is -0.0000000553. The molecule has 0 aliphatic rings. The first-order chi connectivity index (χ1) is 5.92. The monoisotopic (exact) mass is 206 g/mol. The van der Waals surface area contributed by atoms with Crippen LogP contribution in [0.1, 0.15) is 33.6 Å². The van der Waals surface area contributed by atoms with Crippen molar-refractivity contribution in [3.05, 3.63) is 0 Å². The van der Waals surface area contributed by atoms with Gasteiger partial charge < -0.3 is 20.5 Å². The summed E-state index contributed by atoms with van der Waals surface area (Å²) in [4.78, 5) is 18.5. The molecule has 0 atom stereocenters. The molecule has 0 aromatic carbocycles. The Morgan fingerprint density at radius 1 is 1.50 bits per heavy atom. The fraction of sp³-hybridized carbons (Fsp3) is 0.625. The number of hydrogen-bond acceptors (Lipinski definition) is 4. The second-order valence-electron chi connectivity index (χ2n) is 1.86. The molecule has 0 amide bonds. The van der Waals surface area contributed by atoms with Crippen LogP contribution in [0.4, 0.5) is 0 Å². The van der Waals surface area contributed by atoms with Gasteiger partial charge in [0.2, 0.25) is 0 Å². The van der Waals surface area contributed by atoms with E-state index in [0.29, 0.717) is 6.42 Å². The Kier molecular flexibility index (Phi) is 36.7. The second kappa shape index (κ2) is 22.5. The zero-order valence-electron chi connectivity index (χ0n) is 8.53. The molecule has 0 aliphatic carbocycles. The minimum Gasteiger partial charge on any atom is -0.550 e. The number of rotatable bonds is 2. The van der Waals surface area contributed by atoms with Crippen molar-refractivity contribution in [2.45, 2.75) is 33.6 Å². The molecule has 0 rings (SSSR count). The molecule has 0 bridgehead atoms. The van der Waals surface area contributed by atoms with E-state index >= 15 is 0 Å². The molecule has 84 valence electrons. The highest BCUT2D eigenvalue weighted by molar-refractivity contribution is 5.63. The largest absolute Gasteiger partial charge is 0.550 e. The quantitative estimate of drug-likeness (QED) is 0.639. The Morgan fingerprint density at radius 3 is 1.71 bits per heavy atom. The van der Waals surface area contributed by atoms with Crippen LogP contribution in [0.2, 0.25) is 0 Å². The van der Waals surface area contributed by atoms with E-state index in [9.17, 15) is 9.90 Å². The summed E-state index contributed by atoms with van der Waals surface area (Å²) >= 11 is 0. The van der Waals surface area contributed by atoms with Gasteiger partial charge in [-0.15, -0.1) is 0 Å². The summed E-state index contributed by atoms with van der Waals surface area (Å²) in [5.41, 5.74) is 0. The lowest BCUT2D eigenvalue weighted by Gasteiger charge is -1.92. The Morgan fingerprint density at radius 2 is 1.71 bits per heavy atom. The van der Waals surface area contributed by atoms with E-state index in [1.54, 1.807) is 13.0 Å². The highest BCUT2D eigenvalue weighted by atomic mass is 16.4. The number of hydrogen-bond donors (Lipinski definition) is 1. The van der Waals surface area contributed by atoms with Crippen LogP contribution in [0.25, 0.3) is 0 Å². The molecule has 6 nitrogen and oxygen atoms in total. The maximum absolute atomic E-state index is 9.49. The zero-order chi connectivity index (χ0) is 11.3. The van der Waals surface area contributed by atoms with Gasteiger partial charge in [-0.25, -0.2) is 0 Å². The first-order valence-corrected chi connectivity index (χ1v) is 3.62. The lowest BCUT2D eigenvalue weighted by Crippen LogP contribution is -2.20. The second-order valence-corrected chi connectivity index (χ2v) is 1.86. The summed E-state index contributed by atoms with van der Waals surface area (Å²) in [6.07, 6.45) is 0.850. The van der Waals surface area contributed by atoms with E-state index in [1.165, 1.54) is 6.92 Å². The van der Waals surface area contributed by atoms with Crippen LogP contribution in [0, 0.1) is 11.3 Å². The molecule has 3 N–H and O–H groups in total. The predicted molar refractivity (Wildman–Crippen MR) is 48.1 cm³/mol. The standard InChI is InChI=1S/C4H8O2.C2H3N.C2H4O2.H2O/c1-2-3-4(5)6;1-2-3;1-2(3)4;/h2-3H2,1H3,(H,5,6);1H3;1H3,(H,3,4);1H2/p-1. The van der Waals surface area contributed by atoms with Crippen LogP contribution >= 0.6 is 0 Å². The fourth-order valence-corrected chi connectivity index (χ4v) is 0.204. The van der Waals surface area contributed by atoms with Crippen molar-refractivity contribution in [3.63, 3.8) is 0 Å². The first kappa shape index (κ1) is 22.8. The lowest BCUT2D eigenvalue weighted by atomic mass is 10.4. The molecule has 6 heteroatoms. The topological polar surface area (TPSA) is 133 Å². The van der Waals surface area contributed by atoms with Gasteiger partial charge in [0.05, 0.1) is 6.07 Å². The zero-order valence-corrected chi connectivity index (χ0v) is 8.53. The van der Waals surface area contributed by atoms with Crippen molar-refractivity contribution in [2.75, 3.05) is 0 Å². The van der Waals surface area contributed by atoms with Gasteiger partial charge in [0, 0.05) is 19.8 Å². The Labute approximate surface area is 83.1 Å². The average molecular weight is 206 g/mol. The minimum atomic E-state index is -0.961. The summed E-state index contributed by atoms with van der Waals surface area (Å²) < 4.78 is 0. The average Bonchev–Trinajstić information content (AvgIpc) is 1.86. The molecule has 0 aromatic heterocycles. The van der Waals surface area contributed by atoms with Crippen molar-refractivity contribution >= 4 is 11.9 Å². The smallest absolute Gasteiger partial charge is 0.300 e. The molecule has 0 saturated heterocycles. The van der Waals surface area contributed by atoms with E-state index in [0.717, 1.165) is 6.92 Å². The predicted octanol–water partition coefficient (Wildman–Crippen LogP) is -0.668. The molecule has 0 unspecified atom stereocenters. The van der Waals surface area contributed by atoms with Crippen LogP contribution in [0.15, 0.2) is 0 Å². The fourth-order valence-electron chi connectivity index (χ4n) is 0.204. The first-order valence-electron chi connectivity index (χ1n) is 3.62. The summed E-state index contributed by atoms with van der Waals surface area (Å²) in [5.74, 6) is -1.79. The van der Waals surface area contributed by atoms with E-state index in [2.05, 4.69) is 0 Å². The molecular formula is C8H16NO5-. The van der Waals surface area contributed by atoms with Crippen molar-refractivity contribution < 1.29 is 25.3 Å². The van der Waals surface area contributed by atoms with Gasteiger partial charge in [-0.3, -0.25) is 4.79 Å². The summed E-state index contributed by atoms with van der Waals surface area (Å²) in [7, 11) is 0. The number of aliphatic carboxylic acids is 2. The van der Waals surface area contributed by atoms with Crippen molar-refractivity contribution in [2.24, 2.45) is 0 Å². The summed E-state index contributed by atoms with van der Waals surface area (Å²) in [5, 5.41) is 24.2. The third-order valence-electron chi connectivity index (χ3n) is 0.454. The van der Waals surface area contributed by atoms with E-state index in [4.69, 9.17) is 15.2 Å². The molecule has 0 saturated carbocycles. The van der Waals surface area contributed by atoms with Gasteiger partial charge in [0.15, 0.2) is 0 Å². The van der Waals surface area contributed by atoms with Crippen molar-refractivity contribution in [3.8, 4) is 6.07 Å². The van der Waals surface area contributed by atoms with Crippen molar-refractivity contribution in [1.82, 2.24) is 0 Å². The number of carbonyl (C=O) groups is 2. The summed E-state index contributed by atoms with van der Waals surface area (Å²) in [6.45, 7) is 4.32. The molecule has 0 radical (unpaired) electrons. The van der Waals surface area contributed by atoms with Gasteiger partial charge >= 0.3 is 0 Å². The number of carboxylic acid groups (broad SMARTS) is 2. The third-order valence-corrected chi connectivity index (χ3v) is 0.454. The van der Waals surface area contributed by atoms with Crippen LogP contribution in [0.5, 0.6) is 0 Å². The Hall–Kier alpha value is -1.61. The third kappa shape index (κ3) is 474. The highest BCUT2D eigenvalue weighted by Gasteiger charge is 1.75. The Bertz CT molecular complexity index is 169. The number of carbonyl (C=O) groups excluding carboxylic acids is 1. The molecule has 0 fully saturated rings. The SMILES string of the molecule is CC#N.CC(=O)O.CCCC(=O)[O-].O. The summed E-state index contributed by atoms with van der Waals surface area (Å²) in [6, 6.07) is 1.75. The number of carboxylic acids is 2. The molecule has 14 heavy (non-hydrogen) atoms. The molecule has 0 spiro atoms. The number of nitrogens with zero attached hydrogens (tertiary/aromatic N) is 1. The van der Waals surface area contributed by atoms with Gasteiger partial charge in [0.1, 0.15) is 0 Å². The minimum absolute atomic E-state index is 0. The van der Waals surface area contributed by atoms with E-state index in [-0.39, 0.29) is 11.9 Å². The van der Waals surface area contributed by atoms with Gasteiger partial charge in [0.25, 0.3) is 5.97 Å². The van der Waals surface area contributed by atoms with E-state index in [1.807, 2.05) is 0 Å². The molecule has 0 aliphatic heterocycles. The molecular weight excluding hydrogens is 190 g/mol. The van der Waals surface area contributed by atoms with Gasteiger partial charge in [-0.05, 0) is 6.42 Å². The maximum Gasteiger partial charge on any atom is 0.300 e. The van der Waals surface area contributed by atoms with Crippen LogP contribution in [-0.2, 0) is 9.59 Å². The molecule has 0 heterocycles. The van der Waals surface area contributed by atoms with Gasteiger partial charge in [-0.1, -0.05) is 13.3 Å². The van der Waals surface area contributed by atoms with E-state index < -0.39 is 11.9 Å². The van der Waals surface area contributed by atoms with Gasteiger partial charge in [-0.2, -0.15) is 5.26 Å². The maximum atomic E-state index is 9.49. The van der Waals surface area contributed by atoms with Crippen LogP contribution in [-0.4, -0.2) is 22.5 Å². The lowest BCUT2D eigenvalue weighted by molar-refractivity contribution is -0.305. The van der Waals surface area contributed by atoms with Crippen LogP contribution in [0.3, 0.4) is 0 Å². The number of nitriles is 1. The van der Waals surface area contributed by atoms with Crippen molar-refractivity contribution in [1.29, 1.82) is 5.26 Å². The normalized spacial score (nSPS) is 5.86. The highest BCUT2D eigenvalue weighted by Crippen LogP contribution is 1.79. The van der Waals surface area contributed by atoms with Crippen LogP contribution < -0.4 is 5.11 Å². The molecule has 0 aromatic rings.